The number of benzene rings is 2. The Morgan fingerprint density at radius 2 is 1.86 bits per heavy atom. The molecule has 0 amide bonds. The van der Waals surface area contributed by atoms with Crippen molar-refractivity contribution in [1.82, 2.24) is 0 Å². The van der Waals surface area contributed by atoms with Crippen LogP contribution < -0.4 is 14.9 Å². The number of rotatable bonds is 3. The molecule has 0 spiro atoms. The number of nitrogens with zero attached hydrogens (tertiary/aromatic N) is 1. The Morgan fingerprint density at radius 1 is 1.09 bits per heavy atom. The van der Waals surface area contributed by atoms with Crippen LogP contribution in [0.2, 0.25) is 5.02 Å². The predicted molar refractivity (Wildman–Crippen MR) is 89.5 cm³/mol. The van der Waals surface area contributed by atoms with Gasteiger partial charge in [-0.05, 0) is 49.7 Å². The molecule has 4 nitrogen and oxygen atoms in total. The third kappa shape index (κ3) is 3.17. The molecule has 0 radical (unpaired) electrons. The smallest absolute Gasteiger partial charge is 0.162 e. The van der Waals surface area contributed by atoms with Crippen molar-refractivity contribution < 1.29 is 9.47 Å². The first-order valence-corrected chi connectivity index (χ1v) is 7.48. The van der Waals surface area contributed by atoms with Crippen molar-refractivity contribution in [3.05, 3.63) is 52.5 Å². The predicted octanol–water partition coefficient (Wildman–Crippen LogP) is 4.26. The number of anilines is 1. The van der Waals surface area contributed by atoms with Crippen LogP contribution in [0.15, 0.2) is 41.5 Å². The second kappa shape index (κ2) is 6.28. The molecule has 0 saturated heterocycles. The number of fused-ring (bicyclic) bond motifs is 1. The van der Waals surface area contributed by atoms with Gasteiger partial charge in [-0.1, -0.05) is 17.7 Å². The van der Waals surface area contributed by atoms with Gasteiger partial charge in [-0.15, -0.1) is 0 Å². The van der Waals surface area contributed by atoms with Gasteiger partial charge in [0, 0.05) is 10.6 Å². The number of hydrogen-bond donors (Lipinski definition) is 1. The van der Waals surface area contributed by atoms with Gasteiger partial charge < -0.3 is 9.47 Å². The monoisotopic (exact) mass is 316 g/mol. The summed E-state index contributed by atoms with van der Waals surface area (Å²) in [6.45, 7) is 5.08. The first kappa shape index (κ1) is 14.7. The first-order chi connectivity index (χ1) is 10.6. The molecule has 0 atom stereocenters. The Morgan fingerprint density at radius 3 is 2.64 bits per heavy atom. The first-order valence-electron chi connectivity index (χ1n) is 7.10. The third-order valence-corrected chi connectivity index (χ3v) is 3.89. The molecule has 3 rings (SSSR count). The maximum atomic E-state index is 6.11. The molecule has 5 heteroatoms. The summed E-state index contributed by atoms with van der Waals surface area (Å²) in [6, 6.07) is 11.6. The normalized spacial score (nSPS) is 13.9. The summed E-state index contributed by atoms with van der Waals surface area (Å²) in [5, 5.41) is 5.12. The number of hydrogen-bond acceptors (Lipinski definition) is 4. The maximum absolute atomic E-state index is 6.11. The Hall–Kier alpha value is -2.20. The van der Waals surface area contributed by atoms with E-state index in [1.54, 1.807) is 0 Å². The molecule has 2 aromatic carbocycles. The van der Waals surface area contributed by atoms with Crippen LogP contribution in [-0.2, 0) is 0 Å². The van der Waals surface area contributed by atoms with E-state index in [2.05, 4.69) is 10.5 Å². The Balaban J connectivity index is 1.77. The summed E-state index contributed by atoms with van der Waals surface area (Å²) >= 11 is 6.11. The molecule has 0 fully saturated rings. The molecule has 0 saturated carbocycles. The van der Waals surface area contributed by atoms with Crippen LogP contribution in [0.25, 0.3) is 0 Å². The van der Waals surface area contributed by atoms with E-state index in [1.165, 1.54) is 0 Å². The molecule has 1 heterocycles. The molecule has 1 N–H and O–H groups in total. The molecule has 22 heavy (non-hydrogen) atoms. The SMILES string of the molecule is C/C(=N/Nc1ccc(C)c(Cl)c1)c1ccc2c(c1)OCCO2. The summed E-state index contributed by atoms with van der Waals surface area (Å²) in [5.41, 5.74) is 6.75. The molecular formula is C17H17ClN2O2. The van der Waals surface area contributed by atoms with E-state index < -0.39 is 0 Å². The summed E-state index contributed by atoms with van der Waals surface area (Å²) in [5.74, 6) is 1.54. The second-order valence-corrected chi connectivity index (χ2v) is 5.54. The molecule has 114 valence electrons. The quantitative estimate of drug-likeness (QED) is 0.679. The van der Waals surface area contributed by atoms with Crippen LogP contribution in [0, 0.1) is 6.92 Å². The molecule has 1 aliphatic rings. The molecular weight excluding hydrogens is 300 g/mol. The van der Waals surface area contributed by atoms with E-state index in [9.17, 15) is 0 Å². The topological polar surface area (TPSA) is 42.9 Å². The lowest BCUT2D eigenvalue weighted by atomic mass is 10.1. The fourth-order valence-electron chi connectivity index (χ4n) is 2.14. The van der Waals surface area contributed by atoms with Crippen molar-refractivity contribution in [2.24, 2.45) is 5.10 Å². The summed E-state index contributed by atoms with van der Waals surface area (Å²) < 4.78 is 11.1. The van der Waals surface area contributed by atoms with Gasteiger partial charge in [0.15, 0.2) is 11.5 Å². The zero-order chi connectivity index (χ0) is 15.5. The average molecular weight is 317 g/mol. The molecule has 0 unspecified atom stereocenters. The molecule has 0 bridgehead atoms. The number of nitrogens with one attached hydrogen (secondary N) is 1. The van der Waals surface area contributed by atoms with Gasteiger partial charge in [0.05, 0.1) is 11.4 Å². The highest BCUT2D eigenvalue weighted by atomic mass is 35.5. The minimum absolute atomic E-state index is 0.576. The van der Waals surface area contributed by atoms with E-state index in [0.29, 0.717) is 13.2 Å². The fourth-order valence-corrected chi connectivity index (χ4v) is 2.32. The molecule has 2 aromatic rings. The highest BCUT2D eigenvalue weighted by molar-refractivity contribution is 6.31. The van der Waals surface area contributed by atoms with Gasteiger partial charge in [0.2, 0.25) is 0 Å². The van der Waals surface area contributed by atoms with Crippen molar-refractivity contribution in [1.29, 1.82) is 0 Å². The number of halogens is 1. The Bertz CT molecular complexity index is 729. The van der Waals surface area contributed by atoms with Gasteiger partial charge in [-0.2, -0.15) is 5.10 Å². The van der Waals surface area contributed by atoms with Crippen LogP contribution in [-0.4, -0.2) is 18.9 Å². The molecule has 0 aromatic heterocycles. The zero-order valence-electron chi connectivity index (χ0n) is 12.5. The summed E-state index contributed by atoms with van der Waals surface area (Å²) in [4.78, 5) is 0. The summed E-state index contributed by atoms with van der Waals surface area (Å²) in [7, 11) is 0. The Kier molecular flexibility index (Phi) is 4.20. The fraction of sp³-hybridized carbons (Fsp3) is 0.235. The third-order valence-electron chi connectivity index (χ3n) is 3.48. The minimum atomic E-state index is 0.576. The zero-order valence-corrected chi connectivity index (χ0v) is 13.3. The van der Waals surface area contributed by atoms with Crippen LogP contribution >= 0.6 is 11.6 Å². The van der Waals surface area contributed by atoms with Gasteiger partial charge in [-0.25, -0.2) is 0 Å². The largest absolute Gasteiger partial charge is 0.486 e. The lowest BCUT2D eigenvalue weighted by Gasteiger charge is -2.18. The van der Waals surface area contributed by atoms with Gasteiger partial charge >= 0.3 is 0 Å². The number of ether oxygens (including phenoxy) is 2. The van der Waals surface area contributed by atoms with Crippen LogP contribution in [0.1, 0.15) is 18.1 Å². The highest BCUT2D eigenvalue weighted by Crippen LogP contribution is 2.31. The van der Waals surface area contributed by atoms with Gasteiger partial charge in [0.1, 0.15) is 13.2 Å². The minimum Gasteiger partial charge on any atom is -0.486 e. The molecule has 0 aliphatic carbocycles. The lowest BCUT2D eigenvalue weighted by molar-refractivity contribution is 0.171. The van der Waals surface area contributed by atoms with E-state index >= 15 is 0 Å². The Labute approximate surface area is 134 Å². The molecule has 1 aliphatic heterocycles. The maximum Gasteiger partial charge on any atom is 0.162 e. The van der Waals surface area contributed by atoms with E-state index in [1.807, 2.05) is 50.2 Å². The second-order valence-electron chi connectivity index (χ2n) is 5.13. The van der Waals surface area contributed by atoms with Crippen molar-refractivity contribution in [2.75, 3.05) is 18.6 Å². The number of hydrazone groups is 1. The van der Waals surface area contributed by atoms with Gasteiger partial charge in [0.25, 0.3) is 0 Å². The van der Waals surface area contributed by atoms with Gasteiger partial charge in [-0.3, -0.25) is 5.43 Å². The lowest BCUT2D eigenvalue weighted by Crippen LogP contribution is -2.15. The van der Waals surface area contributed by atoms with Crippen molar-refractivity contribution >= 4 is 23.0 Å². The van der Waals surface area contributed by atoms with E-state index in [4.69, 9.17) is 21.1 Å². The number of aryl methyl sites for hydroxylation is 1. The van der Waals surface area contributed by atoms with E-state index in [0.717, 1.165) is 39.0 Å². The highest BCUT2D eigenvalue weighted by Gasteiger charge is 2.12. The van der Waals surface area contributed by atoms with Crippen molar-refractivity contribution in [3.8, 4) is 11.5 Å². The van der Waals surface area contributed by atoms with Crippen LogP contribution in [0.5, 0.6) is 11.5 Å². The van der Waals surface area contributed by atoms with Crippen molar-refractivity contribution in [3.63, 3.8) is 0 Å². The van der Waals surface area contributed by atoms with Crippen LogP contribution in [0.3, 0.4) is 0 Å². The van der Waals surface area contributed by atoms with Crippen molar-refractivity contribution in [2.45, 2.75) is 13.8 Å². The summed E-state index contributed by atoms with van der Waals surface area (Å²) in [6.07, 6.45) is 0. The average Bonchev–Trinajstić information content (AvgIpc) is 2.55. The van der Waals surface area contributed by atoms with Crippen LogP contribution in [0.4, 0.5) is 5.69 Å². The standard InChI is InChI=1S/C17H17ClN2O2/c1-11-3-5-14(10-15(11)18)20-19-12(2)13-4-6-16-17(9-13)22-8-7-21-16/h3-6,9-10,20H,7-8H2,1-2H3/b19-12-. The van der Waals surface area contributed by atoms with E-state index in [-0.39, 0.29) is 0 Å².